The molecule has 0 amide bonds. The highest BCUT2D eigenvalue weighted by atomic mass is 15.1. The molecule has 0 aliphatic carbocycles. The quantitative estimate of drug-likeness (QED) is 0.134. The van der Waals surface area contributed by atoms with E-state index in [1.807, 2.05) is 0 Å². The molecular weight excluding hydrogens is 749 g/mol. The lowest BCUT2D eigenvalue weighted by atomic mass is 10.0. The van der Waals surface area contributed by atoms with Crippen molar-refractivity contribution in [3.8, 4) is 11.1 Å². The van der Waals surface area contributed by atoms with E-state index in [0.29, 0.717) is 0 Å². The summed E-state index contributed by atoms with van der Waals surface area (Å²) >= 11 is 0. The Balaban J connectivity index is 0.843. The van der Waals surface area contributed by atoms with Crippen molar-refractivity contribution in [2.45, 2.75) is 0 Å². The second kappa shape index (κ2) is 16.1. The van der Waals surface area contributed by atoms with Crippen molar-refractivity contribution in [1.82, 2.24) is 0 Å². The molecule has 11 rings (SSSR count). The topological polar surface area (TPSA) is 6.48 Å². The van der Waals surface area contributed by atoms with Crippen LogP contribution in [0.15, 0.2) is 243 Å². The minimum absolute atomic E-state index is 1.11. The Kier molecular flexibility index (Phi) is 9.57. The van der Waals surface area contributed by atoms with Gasteiger partial charge in [-0.3, -0.25) is 0 Å². The van der Waals surface area contributed by atoms with E-state index in [1.165, 1.54) is 54.2 Å². The van der Waals surface area contributed by atoms with E-state index >= 15 is 0 Å². The highest BCUT2D eigenvalue weighted by Crippen LogP contribution is 2.40. The van der Waals surface area contributed by atoms with Gasteiger partial charge in [0, 0.05) is 34.1 Å². The molecular formula is C60H42N2. The van der Waals surface area contributed by atoms with E-state index in [4.69, 9.17) is 0 Å². The van der Waals surface area contributed by atoms with E-state index in [1.54, 1.807) is 0 Å². The molecule has 292 valence electrons. The summed E-state index contributed by atoms with van der Waals surface area (Å²) in [5.74, 6) is 0. The van der Waals surface area contributed by atoms with Gasteiger partial charge in [0.05, 0.1) is 0 Å². The predicted molar refractivity (Wildman–Crippen MR) is 267 cm³/mol. The molecule has 62 heavy (non-hydrogen) atoms. The number of hydrogen-bond acceptors (Lipinski definition) is 2. The second-order valence-corrected chi connectivity index (χ2v) is 15.9. The van der Waals surface area contributed by atoms with E-state index in [-0.39, 0.29) is 0 Å². The van der Waals surface area contributed by atoms with Gasteiger partial charge in [0.25, 0.3) is 0 Å². The van der Waals surface area contributed by atoms with Crippen LogP contribution in [0.1, 0.15) is 11.1 Å². The molecule has 0 saturated heterocycles. The van der Waals surface area contributed by atoms with E-state index < -0.39 is 0 Å². The van der Waals surface area contributed by atoms with E-state index in [2.05, 4.69) is 265 Å². The maximum Gasteiger partial charge on any atom is 0.0468 e. The number of fused-ring (bicyclic) bond motifs is 4. The number of nitrogens with zero attached hydrogens (tertiary/aromatic N) is 2. The van der Waals surface area contributed by atoms with Crippen molar-refractivity contribution in [1.29, 1.82) is 0 Å². The number of benzene rings is 11. The zero-order chi connectivity index (χ0) is 41.2. The van der Waals surface area contributed by atoms with Crippen LogP contribution in [0.3, 0.4) is 0 Å². The fraction of sp³-hybridized carbons (Fsp3) is 0. The van der Waals surface area contributed by atoms with Crippen molar-refractivity contribution in [3.63, 3.8) is 0 Å². The van der Waals surface area contributed by atoms with Gasteiger partial charge in [-0.1, -0.05) is 182 Å². The fourth-order valence-electron chi connectivity index (χ4n) is 8.67. The van der Waals surface area contributed by atoms with E-state index in [0.717, 1.165) is 45.3 Å². The second-order valence-electron chi connectivity index (χ2n) is 15.9. The molecule has 0 fully saturated rings. The number of anilines is 6. The SMILES string of the molecule is C(=C\c1ccc(N(c2ccc3ccccc3c2)c2ccc3ccccc3c2)cc1)/c1ccc(-c2ccc(N(c3ccc4ccccc4c3)c3ccc4ccccc4c3)cc2)cc1. The summed E-state index contributed by atoms with van der Waals surface area (Å²) < 4.78 is 0. The number of rotatable bonds is 9. The summed E-state index contributed by atoms with van der Waals surface area (Å²) in [5.41, 5.74) is 11.4. The molecule has 0 spiro atoms. The van der Waals surface area contributed by atoms with Crippen LogP contribution >= 0.6 is 0 Å². The largest absolute Gasteiger partial charge is 0.310 e. The molecule has 0 radical (unpaired) electrons. The summed E-state index contributed by atoms with van der Waals surface area (Å²) in [4.78, 5) is 4.70. The van der Waals surface area contributed by atoms with E-state index in [9.17, 15) is 0 Å². The molecule has 0 N–H and O–H groups in total. The fourth-order valence-corrected chi connectivity index (χ4v) is 8.67. The molecule has 0 aliphatic heterocycles. The molecule has 0 atom stereocenters. The minimum Gasteiger partial charge on any atom is -0.310 e. The number of hydrogen-bond donors (Lipinski definition) is 0. The first kappa shape index (κ1) is 36.8. The molecule has 0 bridgehead atoms. The average molecular weight is 791 g/mol. The van der Waals surface area contributed by atoms with Crippen LogP contribution in [0.5, 0.6) is 0 Å². The predicted octanol–water partition coefficient (Wildman–Crippen LogP) is 17.1. The third-order valence-electron chi connectivity index (χ3n) is 12.0. The third kappa shape index (κ3) is 7.36. The highest BCUT2D eigenvalue weighted by molar-refractivity contribution is 5.94. The molecule has 11 aromatic carbocycles. The Labute approximate surface area is 362 Å². The Morgan fingerprint density at radius 2 is 0.452 bits per heavy atom. The van der Waals surface area contributed by atoms with Gasteiger partial charge in [-0.05, 0) is 138 Å². The van der Waals surface area contributed by atoms with Gasteiger partial charge in [-0.15, -0.1) is 0 Å². The van der Waals surface area contributed by atoms with Crippen LogP contribution in [0, 0.1) is 0 Å². The molecule has 0 unspecified atom stereocenters. The Bertz CT molecular complexity index is 3240. The van der Waals surface area contributed by atoms with Crippen LogP contribution in [-0.2, 0) is 0 Å². The van der Waals surface area contributed by atoms with Crippen LogP contribution in [0.4, 0.5) is 34.1 Å². The molecule has 0 heterocycles. The monoisotopic (exact) mass is 790 g/mol. The Morgan fingerprint density at radius 1 is 0.210 bits per heavy atom. The van der Waals surface area contributed by atoms with Gasteiger partial charge in [-0.25, -0.2) is 0 Å². The lowest BCUT2D eigenvalue weighted by Crippen LogP contribution is -2.09. The van der Waals surface area contributed by atoms with Gasteiger partial charge in [0.15, 0.2) is 0 Å². The average Bonchev–Trinajstić information content (AvgIpc) is 3.34. The van der Waals surface area contributed by atoms with Gasteiger partial charge < -0.3 is 9.80 Å². The first-order valence-electron chi connectivity index (χ1n) is 21.2. The first-order chi connectivity index (χ1) is 30.7. The lowest BCUT2D eigenvalue weighted by molar-refractivity contribution is 1.29. The van der Waals surface area contributed by atoms with Crippen LogP contribution in [0.2, 0.25) is 0 Å². The summed E-state index contributed by atoms with van der Waals surface area (Å²) in [7, 11) is 0. The van der Waals surface area contributed by atoms with Crippen molar-refractivity contribution in [2.24, 2.45) is 0 Å². The summed E-state index contributed by atoms with van der Waals surface area (Å²) in [6.45, 7) is 0. The summed E-state index contributed by atoms with van der Waals surface area (Å²) in [6.07, 6.45) is 4.38. The van der Waals surface area contributed by atoms with Crippen molar-refractivity contribution >= 4 is 89.4 Å². The molecule has 2 heteroatoms. The zero-order valence-corrected chi connectivity index (χ0v) is 34.1. The maximum absolute atomic E-state index is 2.35. The summed E-state index contributed by atoms with van der Waals surface area (Å²) in [6, 6.07) is 87.7. The molecule has 0 saturated carbocycles. The normalized spacial score (nSPS) is 11.5. The van der Waals surface area contributed by atoms with Gasteiger partial charge in [0.1, 0.15) is 0 Å². The summed E-state index contributed by atoms with van der Waals surface area (Å²) in [5, 5.41) is 9.82. The van der Waals surface area contributed by atoms with Crippen molar-refractivity contribution in [2.75, 3.05) is 9.80 Å². The van der Waals surface area contributed by atoms with Gasteiger partial charge in [-0.2, -0.15) is 0 Å². The first-order valence-corrected chi connectivity index (χ1v) is 21.2. The minimum atomic E-state index is 1.11. The lowest BCUT2D eigenvalue weighted by Gasteiger charge is -2.26. The van der Waals surface area contributed by atoms with Crippen LogP contribution in [0.25, 0.3) is 66.4 Å². The maximum atomic E-state index is 2.35. The Hall–Kier alpha value is -8.20. The van der Waals surface area contributed by atoms with Gasteiger partial charge >= 0.3 is 0 Å². The van der Waals surface area contributed by atoms with Gasteiger partial charge in [0.2, 0.25) is 0 Å². The Morgan fingerprint density at radius 3 is 0.774 bits per heavy atom. The van der Waals surface area contributed by atoms with Crippen LogP contribution < -0.4 is 9.80 Å². The van der Waals surface area contributed by atoms with Crippen molar-refractivity contribution < 1.29 is 0 Å². The smallest absolute Gasteiger partial charge is 0.0468 e. The standard InChI is InChI=1S/C60H42N2/c1-5-13-51-39-57(35-27-45(51)9-1)61(58-36-28-46-10-2-6-14-52(46)40-58)55-31-21-44(22-32-55)18-17-43-19-23-49(24-20-43)50-25-33-56(34-26-50)62(59-37-29-47-11-3-7-15-53(47)41-59)60-38-30-48-12-4-8-16-54(48)42-60/h1-42H/b18-17+. The zero-order valence-electron chi connectivity index (χ0n) is 34.1. The van der Waals surface area contributed by atoms with Crippen molar-refractivity contribution in [3.05, 3.63) is 254 Å². The van der Waals surface area contributed by atoms with Crippen LogP contribution in [-0.4, -0.2) is 0 Å². The third-order valence-corrected chi connectivity index (χ3v) is 12.0. The highest BCUT2D eigenvalue weighted by Gasteiger charge is 2.16. The molecule has 11 aromatic rings. The molecule has 2 nitrogen and oxygen atoms in total. The molecule has 0 aliphatic rings. The molecule has 0 aromatic heterocycles.